The second-order valence-corrected chi connectivity index (χ2v) is 9.29. The molecule has 1 fully saturated rings. The molecule has 0 aliphatic carbocycles. The van der Waals surface area contributed by atoms with Gasteiger partial charge in [0.1, 0.15) is 11.5 Å². The van der Waals surface area contributed by atoms with Crippen LogP contribution in [-0.4, -0.2) is 44.8 Å². The number of aromatic nitrogens is 4. The predicted molar refractivity (Wildman–Crippen MR) is 140 cm³/mol. The first-order valence-electron chi connectivity index (χ1n) is 12.1. The summed E-state index contributed by atoms with van der Waals surface area (Å²) in [5, 5.41) is 0.625. The third kappa shape index (κ3) is 4.76. The van der Waals surface area contributed by atoms with Crippen molar-refractivity contribution < 1.29 is 9.47 Å². The van der Waals surface area contributed by atoms with Gasteiger partial charge >= 0.3 is 6.01 Å². The van der Waals surface area contributed by atoms with Gasteiger partial charge in [-0.1, -0.05) is 35.9 Å². The van der Waals surface area contributed by atoms with Crippen LogP contribution in [0.2, 0.25) is 5.02 Å². The van der Waals surface area contributed by atoms with Crippen LogP contribution in [0.5, 0.6) is 17.5 Å². The summed E-state index contributed by atoms with van der Waals surface area (Å²) in [5.41, 5.74) is 7.60. The van der Waals surface area contributed by atoms with Gasteiger partial charge in [-0.25, -0.2) is 0 Å². The van der Waals surface area contributed by atoms with Crippen LogP contribution in [0, 0.1) is 0 Å². The Labute approximate surface area is 214 Å². The van der Waals surface area contributed by atoms with Crippen LogP contribution in [0.25, 0.3) is 11.2 Å². The zero-order valence-corrected chi connectivity index (χ0v) is 21.1. The van der Waals surface area contributed by atoms with E-state index in [9.17, 15) is 4.79 Å². The second-order valence-electron chi connectivity index (χ2n) is 8.88. The van der Waals surface area contributed by atoms with Gasteiger partial charge in [0.05, 0.1) is 13.2 Å². The fourth-order valence-corrected chi connectivity index (χ4v) is 4.70. The average molecular weight is 509 g/mol. The molecular formula is C26H29ClN6O3. The minimum atomic E-state index is -0.261. The first kappa shape index (κ1) is 24.1. The Bertz CT molecular complexity index is 1450. The van der Waals surface area contributed by atoms with E-state index in [0.29, 0.717) is 53.3 Å². The van der Waals surface area contributed by atoms with E-state index >= 15 is 0 Å². The van der Waals surface area contributed by atoms with Crippen LogP contribution in [-0.2, 0) is 13.6 Å². The molecule has 188 valence electrons. The van der Waals surface area contributed by atoms with Crippen molar-refractivity contribution in [1.82, 2.24) is 19.1 Å². The molecule has 5 rings (SSSR count). The number of fused-ring (bicyclic) bond motifs is 1. The minimum Gasteiger partial charge on any atom is -0.494 e. The van der Waals surface area contributed by atoms with Crippen molar-refractivity contribution in [3.63, 3.8) is 0 Å². The molecule has 4 aromatic rings. The van der Waals surface area contributed by atoms with E-state index < -0.39 is 0 Å². The standard InChI is InChI=1S/C26H29ClN6O3/c1-3-35-19-10-6-11-20(14-19)36-26-30-23-22(24(34)31(26)2)33(15-17-8-4-5-12-21(17)27)25(29-23)32-13-7-9-18(28)16-32/h4-6,8,10-12,14,18H,3,7,9,13,15-16,28H2,1-2H3. The smallest absolute Gasteiger partial charge is 0.306 e. The molecular weight excluding hydrogens is 480 g/mol. The molecule has 1 aliphatic heterocycles. The number of halogens is 1. The maximum absolute atomic E-state index is 13.6. The van der Waals surface area contributed by atoms with Crippen LogP contribution in [0.4, 0.5) is 5.95 Å². The van der Waals surface area contributed by atoms with Crippen molar-refractivity contribution in [1.29, 1.82) is 0 Å². The van der Waals surface area contributed by atoms with Gasteiger partial charge in [0.15, 0.2) is 11.2 Å². The van der Waals surface area contributed by atoms with Gasteiger partial charge in [-0.3, -0.25) is 13.9 Å². The van der Waals surface area contributed by atoms with E-state index in [0.717, 1.165) is 24.9 Å². The summed E-state index contributed by atoms with van der Waals surface area (Å²) < 4.78 is 14.8. The van der Waals surface area contributed by atoms with E-state index in [-0.39, 0.29) is 17.6 Å². The fraction of sp³-hybridized carbons (Fsp3) is 0.346. The molecule has 1 saturated heterocycles. The highest BCUT2D eigenvalue weighted by molar-refractivity contribution is 6.31. The van der Waals surface area contributed by atoms with Crippen LogP contribution < -0.4 is 25.7 Å². The molecule has 0 radical (unpaired) electrons. The molecule has 0 saturated carbocycles. The van der Waals surface area contributed by atoms with E-state index in [1.54, 1.807) is 19.2 Å². The summed E-state index contributed by atoms with van der Waals surface area (Å²) in [6.07, 6.45) is 1.91. The molecule has 3 heterocycles. The van der Waals surface area contributed by atoms with Crippen molar-refractivity contribution in [3.05, 3.63) is 69.5 Å². The van der Waals surface area contributed by atoms with Crippen molar-refractivity contribution in [2.75, 3.05) is 24.6 Å². The summed E-state index contributed by atoms with van der Waals surface area (Å²) in [6.45, 7) is 4.29. The highest BCUT2D eigenvalue weighted by Crippen LogP contribution is 2.28. The Morgan fingerprint density at radius 2 is 1.94 bits per heavy atom. The highest BCUT2D eigenvalue weighted by atomic mass is 35.5. The lowest BCUT2D eigenvalue weighted by Crippen LogP contribution is -2.44. The number of nitrogens with zero attached hydrogens (tertiary/aromatic N) is 5. The van der Waals surface area contributed by atoms with Crippen LogP contribution >= 0.6 is 11.6 Å². The lowest BCUT2D eigenvalue weighted by molar-refractivity contribution is 0.337. The predicted octanol–water partition coefficient (Wildman–Crippen LogP) is 3.95. The fourth-order valence-electron chi connectivity index (χ4n) is 4.50. The van der Waals surface area contributed by atoms with Gasteiger partial charge in [0, 0.05) is 37.3 Å². The van der Waals surface area contributed by atoms with E-state index in [1.165, 1.54) is 4.57 Å². The number of rotatable bonds is 7. The highest BCUT2D eigenvalue weighted by Gasteiger charge is 2.26. The van der Waals surface area contributed by atoms with Gasteiger partial charge < -0.3 is 20.1 Å². The SMILES string of the molecule is CCOc1cccc(Oc2nc3nc(N4CCCC(N)C4)n(Cc4ccccc4Cl)c3c(=O)n2C)c1. The first-order chi connectivity index (χ1) is 17.4. The van der Waals surface area contributed by atoms with Gasteiger partial charge in [0.25, 0.3) is 5.56 Å². The molecule has 10 heteroatoms. The van der Waals surface area contributed by atoms with Crippen molar-refractivity contribution in [2.24, 2.45) is 12.8 Å². The maximum Gasteiger partial charge on any atom is 0.306 e. The second kappa shape index (κ2) is 10.2. The van der Waals surface area contributed by atoms with Crippen molar-refractivity contribution in [2.45, 2.75) is 32.4 Å². The molecule has 2 aromatic heterocycles. The van der Waals surface area contributed by atoms with E-state index in [1.807, 2.05) is 47.9 Å². The molecule has 9 nitrogen and oxygen atoms in total. The average Bonchev–Trinajstić information content (AvgIpc) is 3.22. The molecule has 1 aliphatic rings. The summed E-state index contributed by atoms with van der Waals surface area (Å²) in [6, 6.07) is 15.0. The van der Waals surface area contributed by atoms with Crippen LogP contribution in [0.15, 0.2) is 53.3 Å². The summed E-state index contributed by atoms with van der Waals surface area (Å²) in [4.78, 5) is 25.2. The van der Waals surface area contributed by atoms with Crippen LogP contribution in [0.3, 0.4) is 0 Å². The molecule has 0 bridgehead atoms. The Morgan fingerprint density at radius 1 is 1.14 bits per heavy atom. The summed E-state index contributed by atoms with van der Waals surface area (Å²) >= 11 is 6.48. The van der Waals surface area contributed by atoms with Gasteiger partial charge in [-0.05, 0) is 43.5 Å². The number of nitrogens with two attached hydrogens (primary N) is 1. The lowest BCUT2D eigenvalue weighted by Gasteiger charge is -2.31. The number of hydrogen-bond acceptors (Lipinski definition) is 7. The zero-order chi connectivity index (χ0) is 25.2. The number of piperidine rings is 1. The topological polar surface area (TPSA) is 100 Å². The monoisotopic (exact) mass is 508 g/mol. The molecule has 2 aromatic carbocycles. The molecule has 0 spiro atoms. The number of benzene rings is 2. The molecule has 36 heavy (non-hydrogen) atoms. The summed E-state index contributed by atoms with van der Waals surface area (Å²) in [5.74, 6) is 1.84. The van der Waals surface area contributed by atoms with Crippen LogP contribution in [0.1, 0.15) is 25.3 Å². The Hall–Kier alpha value is -3.56. The number of anilines is 1. The van der Waals surface area contributed by atoms with E-state index in [4.69, 9.17) is 31.8 Å². The molecule has 2 N–H and O–H groups in total. The third-order valence-electron chi connectivity index (χ3n) is 6.28. The number of hydrogen-bond donors (Lipinski definition) is 1. The number of ether oxygens (including phenoxy) is 2. The van der Waals surface area contributed by atoms with Gasteiger partial charge in [0.2, 0.25) is 5.95 Å². The Balaban J connectivity index is 1.61. The Kier molecular flexibility index (Phi) is 6.84. The van der Waals surface area contributed by atoms with E-state index in [2.05, 4.69) is 9.88 Å². The molecule has 1 atom stereocenters. The zero-order valence-electron chi connectivity index (χ0n) is 20.4. The van der Waals surface area contributed by atoms with Gasteiger partial charge in [-0.2, -0.15) is 9.97 Å². The van der Waals surface area contributed by atoms with Crippen molar-refractivity contribution in [3.8, 4) is 17.5 Å². The summed E-state index contributed by atoms with van der Waals surface area (Å²) in [7, 11) is 1.64. The number of imidazole rings is 1. The largest absolute Gasteiger partial charge is 0.494 e. The minimum absolute atomic E-state index is 0.0413. The van der Waals surface area contributed by atoms with Crippen molar-refractivity contribution >= 4 is 28.7 Å². The lowest BCUT2D eigenvalue weighted by atomic mass is 10.1. The molecule has 0 amide bonds. The first-order valence-corrected chi connectivity index (χ1v) is 12.4. The Morgan fingerprint density at radius 3 is 2.72 bits per heavy atom. The van der Waals surface area contributed by atoms with Gasteiger partial charge in [-0.15, -0.1) is 0 Å². The quantitative estimate of drug-likeness (QED) is 0.403. The maximum atomic E-state index is 13.6. The normalized spacial score (nSPS) is 15.9. The third-order valence-corrected chi connectivity index (χ3v) is 6.65. The molecule has 1 unspecified atom stereocenters.